The normalized spacial score (nSPS) is 17.2. The molecule has 0 saturated carbocycles. The summed E-state index contributed by atoms with van der Waals surface area (Å²) in [4.78, 5) is 52.5. The zero-order valence-corrected chi connectivity index (χ0v) is 25.2. The fourth-order valence-corrected chi connectivity index (χ4v) is 5.92. The highest BCUT2D eigenvalue weighted by Gasteiger charge is 2.41. The number of benzene rings is 3. The van der Waals surface area contributed by atoms with Gasteiger partial charge in [0, 0.05) is 43.6 Å². The predicted octanol–water partition coefficient (Wildman–Crippen LogP) is 3.55. The van der Waals surface area contributed by atoms with Gasteiger partial charge in [-0.25, -0.2) is 13.6 Å². The molecule has 2 atom stereocenters. The molecule has 0 aliphatic carbocycles. The molecule has 2 unspecified atom stereocenters. The largest absolute Gasteiger partial charge is 0.483 e. The maximum atomic E-state index is 13.9. The number of nitrogens with zero attached hydrogens (tertiary/aromatic N) is 4. The van der Waals surface area contributed by atoms with Gasteiger partial charge in [-0.2, -0.15) is 9.78 Å². The van der Waals surface area contributed by atoms with Crippen LogP contribution < -0.4 is 10.6 Å². The Morgan fingerprint density at radius 3 is 2.00 bits per heavy atom. The molecular weight excluding hydrogens is 598 g/mol. The summed E-state index contributed by atoms with van der Waals surface area (Å²) in [7, 11) is 2.07. The van der Waals surface area contributed by atoms with Crippen LogP contribution in [-0.4, -0.2) is 81.2 Å². The van der Waals surface area contributed by atoms with E-state index in [-0.39, 0.29) is 67.2 Å². The second-order valence-electron chi connectivity index (χ2n) is 11.4. The Labute approximate surface area is 263 Å². The van der Waals surface area contributed by atoms with Crippen molar-refractivity contribution in [2.75, 3.05) is 20.1 Å². The van der Waals surface area contributed by atoms with E-state index in [0.717, 1.165) is 24.9 Å². The van der Waals surface area contributed by atoms with E-state index in [1.54, 1.807) is 42.5 Å². The maximum absolute atomic E-state index is 13.9. The van der Waals surface area contributed by atoms with E-state index in [1.807, 2.05) is 4.90 Å². The van der Waals surface area contributed by atoms with Crippen LogP contribution in [0.2, 0.25) is 0 Å². The second kappa shape index (κ2) is 14.3. The molecule has 3 amide bonds. The van der Waals surface area contributed by atoms with E-state index in [2.05, 4.69) is 27.7 Å². The smallest absolute Gasteiger partial charge is 0.342 e. The highest BCUT2D eigenvalue weighted by Crippen LogP contribution is 2.30. The summed E-state index contributed by atoms with van der Waals surface area (Å²) in [5, 5.41) is 17.5. The van der Waals surface area contributed by atoms with Crippen LogP contribution in [0.3, 0.4) is 0 Å². The summed E-state index contributed by atoms with van der Waals surface area (Å²) in [5.41, 5.74) is 2.74. The minimum atomic E-state index is -0.530. The van der Waals surface area contributed by atoms with Gasteiger partial charge < -0.3 is 20.6 Å². The zero-order valence-electron chi connectivity index (χ0n) is 25.2. The highest BCUT2D eigenvalue weighted by molar-refractivity contribution is 6.07. The van der Waals surface area contributed by atoms with Gasteiger partial charge in [0.05, 0.1) is 11.9 Å². The topological polar surface area (TPSA) is 137 Å². The number of hydrogen-bond acceptors (Lipinski definition) is 6. The number of carbonyl (C=O) groups excluding carboxylic acids is 3. The summed E-state index contributed by atoms with van der Waals surface area (Å²) in [6, 6.07) is 16.7. The average Bonchev–Trinajstić information content (AvgIpc) is 3.43. The van der Waals surface area contributed by atoms with Crippen LogP contribution in [-0.2, 0) is 29.1 Å². The molecule has 0 spiro atoms. The Kier molecular flexibility index (Phi) is 10.0. The minimum absolute atomic E-state index is 0.0475. The van der Waals surface area contributed by atoms with Crippen molar-refractivity contribution in [1.29, 1.82) is 0 Å². The summed E-state index contributed by atoms with van der Waals surface area (Å²) in [5.74, 6) is -1.19. The van der Waals surface area contributed by atoms with Crippen molar-refractivity contribution < 1.29 is 33.1 Å². The van der Waals surface area contributed by atoms with Crippen LogP contribution in [0.15, 0.2) is 66.7 Å². The van der Waals surface area contributed by atoms with Gasteiger partial charge >= 0.3 is 6.03 Å². The molecule has 13 heteroatoms. The standard InChI is InChI=1S/C32H32F2N6O3.CH2O2/c1-38-18-26-12-11-25(38)19-39(26)31(42)30-27-14-22(15-29(41)35-16-20-2-7-23(33)8-3-20)6-13-28(27)40(37-30)32(43)36-17-21-4-9-24(34)10-5-21;2-1-3/h2-10,13-14,25-26H,11-12,15-19H2,1H3,(H,35,41)(H,36,43);1H,(H,2,3). The number of piperazine rings is 1. The first-order valence-electron chi connectivity index (χ1n) is 14.8. The molecule has 7 rings (SSSR count). The lowest BCUT2D eigenvalue weighted by Gasteiger charge is -2.50. The number of amides is 3. The van der Waals surface area contributed by atoms with Crippen LogP contribution in [0.1, 0.15) is 40.0 Å². The highest BCUT2D eigenvalue weighted by atomic mass is 19.1. The molecule has 4 aromatic rings. The van der Waals surface area contributed by atoms with Gasteiger partial charge in [0.15, 0.2) is 5.69 Å². The number of nitrogens with one attached hydrogen (secondary N) is 2. The van der Waals surface area contributed by atoms with E-state index in [0.29, 0.717) is 28.6 Å². The Hall–Kier alpha value is -5.17. The third-order valence-corrected chi connectivity index (χ3v) is 8.33. The van der Waals surface area contributed by atoms with Crippen molar-refractivity contribution in [2.45, 2.75) is 44.4 Å². The van der Waals surface area contributed by atoms with E-state index in [9.17, 15) is 23.2 Å². The molecule has 3 aliphatic heterocycles. The Bertz CT molecular complexity index is 1730. The molecule has 3 N–H and O–H groups in total. The number of likely N-dealkylation sites (N-methyl/N-ethyl adjacent to an activating group) is 1. The fraction of sp³-hybridized carbons (Fsp3) is 0.303. The summed E-state index contributed by atoms with van der Waals surface area (Å²) in [6.07, 6.45) is 1.99. The van der Waals surface area contributed by atoms with Gasteiger partial charge in [0.2, 0.25) is 5.91 Å². The zero-order chi connectivity index (χ0) is 32.8. The Morgan fingerprint density at radius 2 is 1.43 bits per heavy atom. The molecule has 3 aliphatic rings. The van der Waals surface area contributed by atoms with Gasteiger partial charge in [-0.3, -0.25) is 19.3 Å². The lowest BCUT2D eigenvalue weighted by molar-refractivity contribution is -0.123. The van der Waals surface area contributed by atoms with Gasteiger partial charge in [0.25, 0.3) is 12.4 Å². The summed E-state index contributed by atoms with van der Waals surface area (Å²) in [6.45, 7) is 1.53. The van der Waals surface area contributed by atoms with Crippen molar-refractivity contribution in [3.05, 3.63) is 101 Å². The third kappa shape index (κ3) is 7.37. The molecule has 3 saturated heterocycles. The molecule has 0 radical (unpaired) electrons. The molecular formula is C33H34F2N6O5. The number of piperidine rings is 2. The SMILES string of the molecule is CN1CC2CCC1CN2C(=O)c1nn(C(=O)NCc2ccc(F)cc2)c2ccc(CC(=O)NCc3ccc(F)cc3)cc12.O=CO. The number of hydrogen-bond donors (Lipinski definition) is 3. The molecule has 3 aromatic carbocycles. The molecule has 240 valence electrons. The van der Waals surface area contributed by atoms with Gasteiger partial charge in [0.1, 0.15) is 11.6 Å². The van der Waals surface area contributed by atoms with E-state index < -0.39 is 6.03 Å². The van der Waals surface area contributed by atoms with E-state index in [4.69, 9.17) is 9.90 Å². The van der Waals surface area contributed by atoms with Crippen molar-refractivity contribution in [2.24, 2.45) is 0 Å². The van der Waals surface area contributed by atoms with E-state index in [1.165, 1.54) is 28.9 Å². The van der Waals surface area contributed by atoms with Crippen LogP contribution in [0.4, 0.5) is 13.6 Å². The predicted molar refractivity (Wildman–Crippen MR) is 165 cm³/mol. The molecule has 3 fully saturated rings. The minimum Gasteiger partial charge on any atom is -0.483 e. The van der Waals surface area contributed by atoms with Gasteiger partial charge in [-0.05, 0) is 73.0 Å². The third-order valence-electron chi connectivity index (χ3n) is 8.33. The number of halogens is 2. The average molecular weight is 633 g/mol. The van der Waals surface area contributed by atoms with Crippen LogP contribution in [0.5, 0.6) is 0 Å². The first-order chi connectivity index (χ1) is 22.2. The van der Waals surface area contributed by atoms with Crippen molar-refractivity contribution in [3.8, 4) is 0 Å². The Morgan fingerprint density at radius 1 is 0.870 bits per heavy atom. The molecule has 46 heavy (non-hydrogen) atoms. The fourth-order valence-electron chi connectivity index (χ4n) is 5.92. The number of fused-ring (bicyclic) bond motifs is 4. The van der Waals surface area contributed by atoms with Gasteiger partial charge in [-0.15, -0.1) is 0 Å². The van der Waals surface area contributed by atoms with Crippen LogP contribution >= 0.6 is 0 Å². The molecule has 11 nitrogen and oxygen atoms in total. The van der Waals surface area contributed by atoms with Gasteiger partial charge in [-0.1, -0.05) is 30.3 Å². The first-order valence-corrected chi connectivity index (χ1v) is 14.8. The van der Waals surface area contributed by atoms with Crippen molar-refractivity contribution in [1.82, 2.24) is 30.2 Å². The lowest BCUT2D eigenvalue weighted by atomic mass is 9.91. The van der Waals surface area contributed by atoms with Crippen molar-refractivity contribution >= 4 is 35.2 Å². The lowest BCUT2D eigenvalue weighted by Crippen LogP contribution is -2.62. The quantitative estimate of drug-likeness (QED) is 0.265. The molecule has 2 bridgehead atoms. The second-order valence-corrected chi connectivity index (χ2v) is 11.4. The van der Waals surface area contributed by atoms with Crippen molar-refractivity contribution in [3.63, 3.8) is 0 Å². The number of carbonyl (C=O) groups is 4. The molecule has 4 heterocycles. The number of rotatable bonds is 7. The molecule has 1 aromatic heterocycles. The summed E-state index contributed by atoms with van der Waals surface area (Å²) >= 11 is 0. The van der Waals surface area contributed by atoms with E-state index >= 15 is 0 Å². The Balaban J connectivity index is 0.00000134. The number of carboxylic acid groups (broad SMARTS) is 1. The summed E-state index contributed by atoms with van der Waals surface area (Å²) < 4.78 is 27.7. The van der Waals surface area contributed by atoms with Crippen LogP contribution in [0.25, 0.3) is 10.9 Å². The maximum Gasteiger partial charge on any atom is 0.342 e. The monoisotopic (exact) mass is 632 g/mol. The number of aromatic nitrogens is 2. The van der Waals surface area contributed by atoms with Crippen LogP contribution in [0, 0.1) is 11.6 Å². The first kappa shape index (κ1) is 32.2.